The number of halogens is 1. The molecule has 0 saturated heterocycles. The van der Waals surface area contributed by atoms with E-state index in [1.54, 1.807) is 6.20 Å². The van der Waals surface area contributed by atoms with E-state index in [4.69, 9.17) is 11.6 Å². The van der Waals surface area contributed by atoms with E-state index in [0.717, 1.165) is 18.7 Å². The first kappa shape index (κ1) is 11.4. The topological polar surface area (TPSA) is 37.3 Å². The van der Waals surface area contributed by atoms with Crippen LogP contribution in [0.1, 0.15) is 38.5 Å². The fraction of sp³-hybridized carbons (Fsp3) is 0.500. The molecule has 0 bridgehead atoms. The molecule has 1 fully saturated rings. The summed E-state index contributed by atoms with van der Waals surface area (Å²) in [5.74, 6) is 0.751. The number of pyridine rings is 1. The van der Waals surface area contributed by atoms with Crippen LogP contribution in [0.15, 0.2) is 23.4 Å². The first-order valence-electron chi connectivity index (χ1n) is 5.77. The average Bonchev–Trinajstić information content (AvgIpc) is 2.57. The van der Waals surface area contributed by atoms with E-state index in [2.05, 4.69) is 15.5 Å². The van der Waals surface area contributed by atoms with Crippen LogP contribution < -0.4 is 5.43 Å². The van der Waals surface area contributed by atoms with Gasteiger partial charge in [-0.15, -0.1) is 0 Å². The molecular weight excluding hydrogens is 222 g/mol. The standard InChI is InChI=1S/C12H16ClN3/c13-10-7-8-12(14-9-10)16-15-11-5-3-1-2-4-6-11/h7-9H,1-6H2,(H,14,16). The molecule has 2 rings (SSSR count). The maximum Gasteiger partial charge on any atom is 0.146 e. The van der Waals surface area contributed by atoms with E-state index < -0.39 is 0 Å². The van der Waals surface area contributed by atoms with Gasteiger partial charge >= 0.3 is 0 Å². The van der Waals surface area contributed by atoms with Crippen molar-refractivity contribution in [2.24, 2.45) is 5.10 Å². The van der Waals surface area contributed by atoms with Crippen LogP contribution in [-0.4, -0.2) is 10.7 Å². The molecule has 1 aromatic rings. The van der Waals surface area contributed by atoms with Gasteiger partial charge in [-0.3, -0.25) is 5.43 Å². The molecule has 0 amide bonds. The first-order chi connectivity index (χ1) is 7.84. The summed E-state index contributed by atoms with van der Waals surface area (Å²) >= 11 is 5.76. The molecule has 0 aromatic carbocycles. The highest BCUT2D eigenvalue weighted by atomic mass is 35.5. The maximum atomic E-state index is 5.76. The molecule has 1 aromatic heterocycles. The Labute approximate surface area is 101 Å². The van der Waals surface area contributed by atoms with Crippen LogP contribution in [-0.2, 0) is 0 Å². The van der Waals surface area contributed by atoms with E-state index in [-0.39, 0.29) is 0 Å². The molecule has 0 atom stereocenters. The molecule has 4 heteroatoms. The molecule has 1 heterocycles. The van der Waals surface area contributed by atoms with Crippen molar-refractivity contribution in [3.8, 4) is 0 Å². The van der Waals surface area contributed by atoms with Crippen molar-refractivity contribution >= 4 is 23.1 Å². The summed E-state index contributed by atoms with van der Waals surface area (Å²) < 4.78 is 0. The zero-order valence-corrected chi connectivity index (χ0v) is 10.0. The quantitative estimate of drug-likeness (QED) is 0.627. The molecule has 1 N–H and O–H groups in total. The molecule has 0 spiro atoms. The van der Waals surface area contributed by atoms with Crippen molar-refractivity contribution < 1.29 is 0 Å². The lowest BCUT2D eigenvalue weighted by Gasteiger charge is -2.03. The molecule has 86 valence electrons. The van der Waals surface area contributed by atoms with Gasteiger partial charge < -0.3 is 0 Å². The van der Waals surface area contributed by atoms with E-state index in [1.165, 1.54) is 31.4 Å². The summed E-state index contributed by atoms with van der Waals surface area (Å²) in [6.45, 7) is 0. The van der Waals surface area contributed by atoms with Crippen molar-refractivity contribution in [1.29, 1.82) is 0 Å². The van der Waals surface area contributed by atoms with Gasteiger partial charge in [0.2, 0.25) is 0 Å². The normalized spacial score (nSPS) is 16.7. The van der Waals surface area contributed by atoms with Crippen molar-refractivity contribution in [1.82, 2.24) is 4.98 Å². The third-order valence-corrected chi connectivity index (χ3v) is 2.96. The second-order valence-electron chi connectivity index (χ2n) is 4.07. The number of nitrogens with one attached hydrogen (secondary N) is 1. The van der Waals surface area contributed by atoms with Gasteiger partial charge in [-0.05, 0) is 37.8 Å². The molecule has 3 nitrogen and oxygen atoms in total. The van der Waals surface area contributed by atoms with Crippen LogP contribution in [0.25, 0.3) is 0 Å². The number of anilines is 1. The fourth-order valence-electron chi connectivity index (χ4n) is 1.83. The van der Waals surface area contributed by atoms with Gasteiger partial charge in [0, 0.05) is 11.9 Å². The predicted octanol–water partition coefficient (Wildman–Crippen LogP) is 3.86. The van der Waals surface area contributed by atoms with Gasteiger partial charge in [-0.1, -0.05) is 24.4 Å². The maximum absolute atomic E-state index is 5.76. The van der Waals surface area contributed by atoms with Crippen molar-refractivity contribution in [2.45, 2.75) is 38.5 Å². The Hall–Kier alpha value is -1.09. The lowest BCUT2D eigenvalue weighted by atomic mass is 10.2. The number of rotatable bonds is 2. The van der Waals surface area contributed by atoms with E-state index in [9.17, 15) is 0 Å². The summed E-state index contributed by atoms with van der Waals surface area (Å²) in [7, 11) is 0. The van der Waals surface area contributed by atoms with Gasteiger partial charge in [0.1, 0.15) is 5.82 Å². The summed E-state index contributed by atoms with van der Waals surface area (Å²) in [4.78, 5) is 4.14. The van der Waals surface area contributed by atoms with Crippen LogP contribution in [0.2, 0.25) is 5.02 Å². The Morgan fingerprint density at radius 3 is 2.50 bits per heavy atom. The predicted molar refractivity (Wildman–Crippen MR) is 68.0 cm³/mol. The third-order valence-electron chi connectivity index (χ3n) is 2.74. The minimum atomic E-state index is 0.646. The Balaban J connectivity index is 1.93. The van der Waals surface area contributed by atoms with Crippen LogP contribution in [0.4, 0.5) is 5.82 Å². The van der Waals surface area contributed by atoms with Gasteiger partial charge in [0.25, 0.3) is 0 Å². The van der Waals surface area contributed by atoms with E-state index in [1.807, 2.05) is 12.1 Å². The van der Waals surface area contributed by atoms with Crippen molar-refractivity contribution in [3.05, 3.63) is 23.4 Å². The summed E-state index contributed by atoms with van der Waals surface area (Å²) in [5, 5.41) is 5.05. The largest absolute Gasteiger partial charge is 0.261 e. The number of hydrazone groups is 1. The van der Waals surface area contributed by atoms with Crippen molar-refractivity contribution in [3.63, 3.8) is 0 Å². The molecule has 0 radical (unpaired) electrons. The van der Waals surface area contributed by atoms with Crippen LogP contribution in [0.3, 0.4) is 0 Å². The smallest absolute Gasteiger partial charge is 0.146 e. The average molecular weight is 238 g/mol. The molecule has 0 aliphatic heterocycles. The fourth-order valence-corrected chi connectivity index (χ4v) is 1.94. The number of hydrogen-bond acceptors (Lipinski definition) is 3. The molecule has 1 saturated carbocycles. The highest BCUT2D eigenvalue weighted by molar-refractivity contribution is 6.30. The van der Waals surface area contributed by atoms with E-state index in [0.29, 0.717) is 5.02 Å². The third kappa shape index (κ3) is 3.49. The van der Waals surface area contributed by atoms with E-state index >= 15 is 0 Å². The van der Waals surface area contributed by atoms with Gasteiger partial charge in [-0.25, -0.2) is 4.98 Å². The molecule has 0 unspecified atom stereocenters. The van der Waals surface area contributed by atoms with Gasteiger partial charge in [0.05, 0.1) is 5.02 Å². The van der Waals surface area contributed by atoms with Gasteiger partial charge in [-0.2, -0.15) is 5.10 Å². The zero-order valence-electron chi connectivity index (χ0n) is 9.25. The monoisotopic (exact) mass is 237 g/mol. The summed E-state index contributed by atoms with van der Waals surface area (Å²) in [6.07, 6.45) is 9.03. The number of hydrogen-bond donors (Lipinski definition) is 1. The lowest BCUT2D eigenvalue weighted by molar-refractivity contribution is 0.702. The second kappa shape index (κ2) is 5.85. The van der Waals surface area contributed by atoms with Crippen LogP contribution in [0, 0.1) is 0 Å². The summed E-state index contributed by atoms with van der Waals surface area (Å²) in [5.41, 5.74) is 4.25. The first-order valence-corrected chi connectivity index (χ1v) is 6.15. The highest BCUT2D eigenvalue weighted by Crippen LogP contribution is 2.15. The number of aromatic nitrogens is 1. The van der Waals surface area contributed by atoms with Crippen LogP contribution in [0.5, 0.6) is 0 Å². The Morgan fingerprint density at radius 1 is 1.12 bits per heavy atom. The SMILES string of the molecule is Clc1ccc(NN=C2CCCCCC2)nc1. The van der Waals surface area contributed by atoms with Crippen molar-refractivity contribution in [2.75, 3.05) is 5.43 Å². The Bertz CT molecular complexity index is 349. The second-order valence-corrected chi connectivity index (χ2v) is 4.50. The summed E-state index contributed by atoms with van der Waals surface area (Å²) in [6, 6.07) is 3.65. The zero-order chi connectivity index (χ0) is 11.2. The molecular formula is C12H16ClN3. The lowest BCUT2D eigenvalue weighted by Crippen LogP contribution is -2.01. The number of nitrogens with zero attached hydrogens (tertiary/aromatic N) is 2. The molecule has 16 heavy (non-hydrogen) atoms. The van der Waals surface area contributed by atoms with Gasteiger partial charge in [0.15, 0.2) is 0 Å². The minimum Gasteiger partial charge on any atom is -0.261 e. The Kier molecular flexibility index (Phi) is 4.17. The molecule has 1 aliphatic carbocycles. The molecule has 1 aliphatic rings. The Morgan fingerprint density at radius 2 is 1.88 bits per heavy atom. The minimum absolute atomic E-state index is 0.646. The van der Waals surface area contributed by atoms with Crippen LogP contribution >= 0.6 is 11.6 Å². The highest BCUT2D eigenvalue weighted by Gasteiger charge is 2.05.